The third-order valence-electron chi connectivity index (χ3n) is 5.42. The van der Waals surface area contributed by atoms with Crippen molar-refractivity contribution in [3.63, 3.8) is 0 Å². The largest absolute Gasteiger partial charge is 0.351 e. The molecule has 2 aliphatic carbocycles. The molecule has 2 saturated carbocycles. The van der Waals surface area contributed by atoms with Crippen LogP contribution in [-0.2, 0) is 14.4 Å². The molecular weight excluding hydrogens is 242 g/mol. The van der Waals surface area contributed by atoms with Crippen LogP contribution in [-0.4, -0.2) is 23.0 Å². The zero-order valence-electron chi connectivity index (χ0n) is 12.6. The van der Waals surface area contributed by atoms with Crippen LogP contribution in [0.5, 0.6) is 0 Å². The Labute approximate surface area is 114 Å². The molecule has 4 nitrogen and oxygen atoms in total. The molecule has 2 rings (SSSR count). The summed E-state index contributed by atoms with van der Waals surface area (Å²) in [7, 11) is 0. The Morgan fingerprint density at radius 3 is 1.95 bits per heavy atom. The molecule has 2 fully saturated rings. The zero-order valence-corrected chi connectivity index (χ0v) is 12.6. The van der Waals surface area contributed by atoms with Gasteiger partial charge in [0.2, 0.25) is 17.5 Å². The first-order chi connectivity index (χ1) is 8.40. The van der Waals surface area contributed by atoms with E-state index in [-0.39, 0.29) is 11.7 Å². The number of amides is 1. The third kappa shape index (κ3) is 1.43. The van der Waals surface area contributed by atoms with Crippen LogP contribution in [0.25, 0.3) is 0 Å². The summed E-state index contributed by atoms with van der Waals surface area (Å²) < 4.78 is 0. The second-order valence-electron chi connectivity index (χ2n) is 7.72. The molecule has 0 aliphatic heterocycles. The number of fused-ring (bicyclic) bond motifs is 2. The number of Topliss-reactive ketones (excluding diaryl/α,β-unsaturated/α-hetero) is 2. The lowest BCUT2D eigenvalue weighted by molar-refractivity contribution is -0.150. The summed E-state index contributed by atoms with van der Waals surface area (Å²) in [6, 6.07) is 0. The number of hydrogen-bond donors (Lipinski definition) is 1. The van der Waals surface area contributed by atoms with Crippen molar-refractivity contribution in [3.05, 3.63) is 0 Å². The van der Waals surface area contributed by atoms with E-state index >= 15 is 0 Å². The second kappa shape index (κ2) is 3.47. The minimum Gasteiger partial charge on any atom is -0.351 e. The van der Waals surface area contributed by atoms with Crippen LogP contribution < -0.4 is 5.32 Å². The van der Waals surface area contributed by atoms with Crippen LogP contribution in [0.4, 0.5) is 0 Å². The number of carbonyl (C=O) groups is 3. The fourth-order valence-electron chi connectivity index (χ4n) is 3.72. The molecule has 1 amide bonds. The van der Waals surface area contributed by atoms with E-state index in [0.29, 0.717) is 12.8 Å². The lowest BCUT2D eigenvalue weighted by Crippen LogP contribution is -2.55. The van der Waals surface area contributed by atoms with Gasteiger partial charge in [0.05, 0.1) is 0 Å². The molecule has 0 saturated heterocycles. The number of nitrogens with one attached hydrogen (secondary N) is 1. The van der Waals surface area contributed by atoms with Gasteiger partial charge in [-0.1, -0.05) is 20.8 Å². The minimum absolute atomic E-state index is 0.287. The van der Waals surface area contributed by atoms with E-state index in [1.165, 1.54) is 0 Å². The molecule has 0 radical (unpaired) electrons. The summed E-state index contributed by atoms with van der Waals surface area (Å²) in [6.07, 6.45) is 1.09. The van der Waals surface area contributed by atoms with E-state index in [0.717, 1.165) is 0 Å². The van der Waals surface area contributed by atoms with Crippen molar-refractivity contribution < 1.29 is 14.4 Å². The van der Waals surface area contributed by atoms with E-state index < -0.39 is 27.6 Å². The highest BCUT2D eigenvalue weighted by atomic mass is 16.2. The lowest BCUT2D eigenvalue weighted by Gasteiger charge is -2.38. The molecule has 19 heavy (non-hydrogen) atoms. The molecule has 2 bridgehead atoms. The summed E-state index contributed by atoms with van der Waals surface area (Å²) >= 11 is 0. The third-order valence-corrected chi connectivity index (χ3v) is 5.42. The molecule has 0 spiro atoms. The maximum Gasteiger partial charge on any atom is 0.235 e. The van der Waals surface area contributed by atoms with E-state index in [1.54, 1.807) is 0 Å². The van der Waals surface area contributed by atoms with Gasteiger partial charge in [0.15, 0.2) is 0 Å². The number of ketones is 2. The summed E-state index contributed by atoms with van der Waals surface area (Å²) in [6.45, 7) is 11.2. The molecule has 2 atom stereocenters. The van der Waals surface area contributed by atoms with E-state index in [9.17, 15) is 14.4 Å². The van der Waals surface area contributed by atoms with Gasteiger partial charge in [0.1, 0.15) is 5.41 Å². The van der Waals surface area contributed by atoms with Crippen molar-refractivity contribution in [3.8, 4) is 0 Å². The summed E-state index contributed by atoms with van der Waals surface area (Å²) in [5.74, 6) is -1.15. The van der Waals surface area contributed by atoms with Gasteiger partial charge in [-0.15, -0.1) is 0 Å². The second-order valence-corrected chi connectivity index (χ2v) is 7.72. The maximum absolute atomic E-state index is 12.7. The van der Waals surface area contributed by atoms with Crippen LogP contribution in [0.3, 0.4) is 0 Å². The van der Waals surface area contributed by atoms with E-state index in [2.05, 4.69) is 5.32 Å². The Morgan fingerprint density at radius 2 is 1.58 bits per heavy atom. The van der Waals surface area contributed by atoms with Gasteiger partial charge in [-0.05, 0) is 39.0 Å². The molecular formula is C15H23NO3. The number of rotatable bonds is 1. The highest BCUT2D eigenvalue weighted by molar-refractivity contribution is 6.48. The van der Waals surface area contributed by atoms with Gasteiger partial charge >= 0.3 is 0 Å². The maximum atomic E-state index is 12.7. The normalized spacial score (nSPS) is 36.7. The predicted molar refractivity (Wildman–Crippen MR) is 71.5 cm³/mol. The van der Waals surface area contributed by atoms with E-state index in [4.69, 9.17) is 0 Å². The average molecular weight is 265 g/mol. The SMILES string of the molecule is CC(C)(C)NC(=O)C12CCC(C)(C(=O)C1=O)C2(C)C. The molecule has 0 heterocycles. The quantitative estimate of drug-likeness (QED) is 0.581. The Bertz CT molecular complexity index is 486. The van der Waals surface area contributed by atoms with Gasteiger partial charge in [-0.25, -0.2) is 0 Å². The minimum atomic E-state index is -1.17. The Morgan fingerprint density at radius 1 is 1.05 bits per heavy atom. The van der Waals surface area contributed by atoms with Gasteiger partial charge in [0.25, 0.3) is 0 Å². The molecule has 0 aromatic rings. The Hall–Kier alpha value is -1.19. The fourth-order valence-corrected chi connectivity index (χ4v) is 3.72. The summed E-state index contributed by atoms with van der Waals surface area (Å²) in [4.78, 5) is 37.3. The fraction of sp³-hybridized carbons (Fsp3) is 0.800. The average Bonchev–Trinajstić information content (AvgIpc) is 2.49. The van der Waals surface area contributed by atoms with Gasteiger partial charge in [0, 0.05) is 11.0 Å². The topological polar surface area (TPSA) is 63.2 Å². The molecule has 106 valence electrons. The van der Waals surface area contributed by atoms with Gasteiger partial charge < -0.3 is 5.32 Å². The summed E-state index contributed by atoms with van der Waals surface area (Å²) in [5.41, 5.74) is -2.90. The Balaban J connectivity index is 2.52. The standard InChI is InChI=1S/C15H23NO3/c1-12(2,3)16-11(19)15-8-7-14(6,13(15,4)5)9(17)10(15)18/h7-8H2,1-6H3,(H,16,19). The monoisotopic (exact) mass is 265 g/mol. The molecule has 2 aliphatic rings. The first-order valence-corrected chi connectivity index (χ1v) is 6.82. The van der Waals surface area contributed by atoms with Crippen molar-refractivity contribution in [1.82, 2.24) is 5.32 Å². The molecule has 0 aromatic heterocycles. The molecule has 2 unspecified atom stereocenters. The smallest absolute Gasteiger partial charge is 0.235 e. The highest BCUT2D eigenvalue weighted by Gasteiger charge is 2.77. The van der Waals surface area contributed by atoms with Crippen molar-refractivity contribution in [2.24, 2.45) is 16.2 Å². The molecule has 4 heteroatoms. The summed E-state index contributed by atoms with van der Waals surface area (Å²) in [5, 5.41) is 2.89. The predicted octanol–water partition coefficient (Wildman–Crippen LogP) is 1.87. The molecule has 0 aromatic carbocycles. The van der Waals surface area contributed by atoms with Crippen molar-refractivity contribution >= 4 is 17.5 Å². The van der Waals surface area contributed by atoms with Crippen LogP contribution in [0, 0.1) is 16.2 Å². The van der Waals surface area contributed by atoms with E-state index in [1.807, 2.05) is 41.5 Å². The van der Waals surface area contributed by atoms with Crippen molar-refractivity contribution in [2.45, 2.75) is 59.9 Å². The molecule has 1 N–H and O–H groups in total. The van der Waals surface area contributed by atoms with Crippen molar-refractivity contribution in [1.29, 1.82) is 0 Å². The van der Waals surface area contributed by atoms with Crippen molar-refractivity contribution in [2.75, 3.05) is 0 Å². The first-order valence-electron chi connectivity index (χ1n) is 6.82. The Kier molecular flexibility index (Phi) is 2.60. The number of hydrogen-bond acceptors (Lipinski definition) is 3. The lowest BCUT2D eigenvalue weighted by atomic mass is 9.64. The first kappa shape index (κ1) is 14.2. The number of carbonyl (C=O) groups excluding carboxylic acids is 3. The van der Waals surface area contributed by atoms with Crippen LogP contribution >= 0.6 is 0 Å². The van der Waals surface area contributed by atoms with Crippen LogP contribution in [0.2, 0.25) is 0 Å². The van der Waals surface area contributed by atoms with Crippen LogP contribution in [0.15, 0.2) is 0 Å². The van der Waals surface area contributed by atoms with Crippen LogP contribution in [0.1, 0.15) is 54.4 Å². The zero-order chi connectivity index (χ0) is 14.9. The highest BCUT2D eigenvalue weighted by Crippen LogP contribution is 2.69. The van der Waals surface area contributed by atoms with Gasteiger partial charge in [-0.3, -0.25) is 14.4 Å². The van der Waals surface area contributed by atoms with Gasteiger partial charge in [-0.2, -0.15) is 0 Å².